The molecule has 4 aromatic rings. The van der Waals surface area contributed by atoms with Crippen LogP contribution >= 0.6 is 11.8 Å². The van der Waals surface area contributed by atoms with E-state index in [9.17, 15) is 14.7 Å². The van der Waals surface area contributed by atoms with E-state index in [4.69, 9.17) is 14.5 Å². The first-order chi connectivity index (χ1) is 17.6. The van der Waals surface area contributed by atoms with Crippen molar-refractivity contribution in [1.82, 2.24) is 14.9 Å². The summed E-state index contributed by atoms with van der Waals surface area (Å²) in [5.41, 5.74) is 4.21. The van der Waals surface area contributed by atoms with Crippen LogP contribution in [0.1, 0.15) is 29.4 Å². The van der Waals surface area contributed by atoms with Crippen molar-refractivity contribution in [2.24, 2.45) is 7.05 Å². The molecule has 3 aromatic carbocycles. The average Bonchev–Trinajstić information content (AvgIpc) is 3.30. The highest BCUT2D eigenvalue weighted by Crippen LogP contribution is 2.35. The largest absolute Gasteiger partial charge is 0.507 e. The molecule has 9 heteroatoms. The number of thioether (sulfide) groups is 1. The van der Waals surface area contributed by atoms with Crippen molar-refractivity contribution in [3.8, 4) is 23.0 Å². The molecule has 5 rings (SSSR count). The van der Waals surface area contributed by atoms with Gasteiger partial charge in [-0.2, -0.15) is 0 Å². The smallest absolute Gasteiger partial charge is 0.286 e. The van der Waals surface area contributed by atoms with Crippen molar-refractivity contribution < 1.29 is 24.2 Å². The molecule has 0 spiro atoms. The number of phenolic OH excluding ortho intramolecular Hbond substituents is 1. The number of imidazole rings is 1. The minimum absolute atomic E-state index is 0.258. The van der Waals surface area contributed by atoms with Crippen molar-refractivity contribution in [1.29, 1.82) is 0 Å². The van der Waals surface area contributed by atoms with Crippen LogP contribution in [-0.2, 0) is 24.9 Å². The van der Waals surface area contributed by atoms with E-state index < -0.39 is 4.75 Å². The second-order valence-corrected chi connectivity index (χ2v) is 10.9. The lowest BCUT2D eigenvalue weighted by Crippen LogP contribution is -2.35. The Kier molecular flexibility index (Phi) is 6.33. The van der Waals surface area contributed by atoms with Gasteiger partial charge in [-0.1, -0.05) is 12.1 Å². The maximum absolute atomic E-state index is 12.1. The molecule has 1 aliphatic heterocycles. The van der Waals surface area contributed by atoms with Gasteiger partial charge in [-0.15, -0.1) is 0 Å². The summed E-state index contributed by atoms with van der Waals surface area (Å²) in [4.78, 5) is 28.3. The van der Waals surface area contributed by atoms with Crippen LogP contribution in [0.5, 0.6) is 23.0 Å². The lowest BCUT2D eigenvalue weighted by molar-refractivity contribution is -0.121. The zero-order valence-electron chi connectivity index (χ0n) is 21.0. The Bertz CT molecular complexity index is 1510. The summed E-state index contributed by atoms with van der Waals surface area (Å²) in [6.45, 7) is 5.74. The lowest BCUT2D eigenvalue weighted by atomic mass is 9.99. The van der Waals surface area contributed by atoms with Crippen LogP contribution in [0.25, 0.3) is 11.0 Å². The number of benzene rings is 3. The summed E-state index contributed by atoms with van der Waals surface area (Å²) in [6, 6.07) is 16.8. The van der Waals surface area contributed by atoms with E-state index in [-0.39, 0.29) is 23.5 Å². The number of nitrogens with one attached hydrogen (secondary N) is 1. The monoisotopic (exact) mass is 517 g/mol. The number of imide groups is 1. The molecule has 1 saturated heterocycles. The highest BCUT2D eigenvalue weighted by molar-refractivity contribution is 8.16. The normalized spacial score (nSPS) is 17.3. The molecule has 2 amide bonds. The standard InChI is InChI=1S/C28H27N3O5S/c1-16-11-21(12-17(2)25(16)32)36-20-9-10-22-23(13-20)31(4)24(29-22)15-35-19-7-5-18(6-8-19)14-28(3)26(33)30-27(34)37-28/h5-13,32H,14-15H2,1-4H3,(H,30,33,34)/t28-/m0/s1. The van der Waals surface area contributed by atoms with Crippen molar-refractivity contribution in [2.45, 2.75) is 38.5 Å². The molecule has 0 saturated carbocycles. The van der Waals surface area contributed by atoms with Crippen LogP contribution < -0.4 is 14.8 Å². The third kappa shape index (κ3) is 4.99. The topological polar surface area (TPSA) is 103 Å². The first-order valence-electron chi connectivity index (χ1n) is 11.8. The van der Waals surface area contributed by atoms with E-state index in [1.54, 1.807) is 6.92 Å². The van der Waals surface area contributed by atoms with Gasteiger partial charge >= 0.3 is 0 Å². The number of carbonyl (C=O) groups is 2. The zero-order valence-corrected chi connectivity index (χ0v) is 21.8. The van der Waals surface area contributed by atoms with Gasteiger partial charge in [0.2, 0.25) is 5.91 Å². The summed E-state index contributed by atoms with van der Waals surface area (Å²) >= 11 is 1.03. The van der Waals surface area contributed by atoms with Gasteiger partial charge in [0.25, 0.3) is 5.24 Å². The maximum atomic E-state index is 12.1. The fraction of sp³-hybridized carbons (Fsp3) is 0.250. The number of rotatable bonds is 7. The number of aromatic hydroxyl groups is 1. The fourth-order valence-corrected chi connectivity index (χ4v) is 5.32. The molecule has 2 N–H and O–H groups in total. The van der Waals surface area contributed by atoms with Crippen molar-refractivity contribution in [3.05, 3.63) is 77.1 Å². The first-order valence-corrected chi connectivity index (χ1v) is 12.6. The Morgan fingerprint density at radius 3 is 2.32 bits per heavy atom. The number of carbonyl (C=O) groups excluding carboxylic acids is 2. The highest BCUT2D eigenvalue weighted by atomic mass is 32.2. The van der Waals surface area contributed by atoms with Crippen LogP contribution in [-0.4, -0.2) is 30.6 Å². The van der Waals surface area contributed by atoms with Gasteiger partial charge in [0, 0.05) is 13.1 Å². The van der Waals surface area contributed by atoms with Crippen molar-refractivity contribution >= 4 is 33.9 Å². The molecule has 37 heavy (non-hydrogen) atoms. The molecular weight excluding hydrogens is 490 g/mol. The SMILES string of the molecule is Cc1cc(Oc2ccc3nc(COc4ccc(C[C@]5(C)SC(=O)NC5=O)cc4)n(C)c3c2)cc(C)c1O. The third-order valence-electron chi connectivity index (χ3n) is 6.49. The summed E-state index contributed by atoms with van der Waals surface area (Å²) in [6.07, 6.45) is 0.452. The second-order valence-electron chi connectivity index (χ2n) is 9.43. The van der Waals surface area contributed by atoms with Gasteiger partial charge in [0.05, 0.1) is 11.0 Å². The van der Waals surface area contributed by atoms with Gasteiger partial charge in [-0.25, -0.2) is 4.98 Å². The molecule has 1 aliphatic rings. The summed E-state index contributed by atoms with van der Waals surface area (Å²) < 4.78 is 13.2. The van der Waals surface area contributed by atoms with Crippen molar-refractivity contribution in [2.75, 3.05) is 0 Å². The van der Waals surface area contributed by atoms with Crippen LogP contribution in [0, 0.1) is 13.8 Å². The predicted octanol–water partition coefficient (Wildman–Crippen LogP) is 5.55. The highest BCUT2D eigenvalue weighted by Gasteiger charge is 2.43. The first kappa shape index (κ1) is 24.7. The van der Waals surface area contributed by atoms with E-state index in [1.807, 2.05) is 80.1 Å². The Balaban J connectivity index is 1.26. The summed E-state index contributed by atoms with van der Waals surface area (Å²) in [5, 5.41) is 12.0. The van der Waals surface area contributed by atoms with Gasteiger partial charge in [-0.3, -0.25) is 14.9 Å². The third-order valence-corrected chi connectivity index (χ3v) is 7.56. The van der Waals surface area contributed by atoms with Crippen LogP contribution in [0.2, 0.25) is 0 Å². The molecule has 1 fully saturated rings. The van der Waals surface area contributed by atoms with Crippen molar-refractivity contribution in [3.63, 3.8) is 0 Å². The molecule has 1 aromatic heterocycles. The molecule has 190 valence electrons. The second kappa shape index (κ2) is 9.48. The zero-order chi connectivity index (χ0) is 26.3. The molecule has 0 aliphatic carbocycles. The van der Waals surface area contributed by atoms with Gasteiger partial charge in [-0.05, 0) is 92.0 Å². The predicted molar refractivity (Wildman–Crippen MR) is 142 cm³/mol. The fourth-order valence-electron chi connectivity index (χ4n) is 4.38. The number of phenols is 1. The van der Waals surface area contributed by atoms with Crippen LogP contribution in [0.3, 0.4) is 0 Å². The maximum Gasteiger partial charge on any atom is 0.286 e. The van der Waals surface area contributed by atoms with E-state index in [0.29, 0.717) is 23.7 Å². The minimum atomic E-state index is -0.797. The Morgan fingerprint density at radius 2 is 1.68 bits per heavy atom. The molecule has 0 bridgehead atoms. The number of nitrogens with zero attached hydrogens (tertiary/aromatic N) is 2. The van der Waals surface area contributed by atoms with Gasteiger partial charge < -0.3 is 19.1 Å². The number of hydrogen-bond donors (Lipinski definition) is 2. The number of aromatic nitrogens is 2. The number of fused-ring (bicyclic) bond motifs is 1. The number of aryl methyl sites for hydroxylation is 3. The van der Waals surface area contributed by atoms with Crippen LogP contribution in [0.15, 0.2) is 54.6 Å². The summed E-state index contributed by atoms with van der Waals surface area (Å²) in [7, 11) is 1.93. The van der Waals surface area contributed by atoms with Crippen LogP contribution in [0.4, 0.5) is 4.79 Å². The van der Waals surface area contributed by atoms with Gasteiger partial charge in [0.15, 0.2) is 0 Å². The number of amides is 2. The average molecular weight is 518 g/mol. The molecule has 0 radical (unpaired) electrons. The summed E-state index contributed by atoms with van der Waals surface area (Å²) in [5.74, 6) is 2.80. The van der Waals surface area contributed by atoms with E-state index >= 15 is 0 Å². The quantitative estimate of drug-likeness (QED) is 0.331. The van der Waals surface area contributed by atoms with E-state index in [1.165, 1.54) is 0 Å². The number of hydrogen-bond acceptors (Lipinski definition) is 7. The molecule has 8 nitrogen and oxygen atoms in total. The van der Waals surface area contributed by atoms with E-state index in [2.05, 4.69) is 5.32 Å². The Hall–Kier alpha value is -3.98. The minimum Gasteiger partial charge on any atom is -0.507 e. The molecule has 1 atom stereocenters. The molecule has 0 unspecified atom stereocenters. The van der Waals surface area contributed by atoms with Gasteiger partial charge in [0.1, 0.15) is 40.2 Å². The lowest BCUT2D eigenvalue weighted by Gasteiger charge is -2.18. The van der Waals surface area contributed by atoms with E-state index in [0.717, 1.165) is 45.3 Å². The molecule has 2 heterocycles. The molecular formula is C28H27N3O5S. The number of ether oxygens (including phenoxy) is 2. The Morgan fingerprint density at radius 1 is 1.00 bits per heavy atom. The Labute approximate surface area is 218 Å².